The van der Waals surface area contributed by atoms with Crippen LogP contribution in [0.4, 0.5) is 0 Å². The van der Waals surface area contributed by atoms with Gasteiger partial charge in [-0.1, -0.05) is 26.8 Å². The highest BCUT2D eigenvalue weighted by atomic mass is 16.6. The van der Waals surface area contributed by atoms with Crippen LogP contribution in [0.25, 0.3) is 0 Å². The van der Waals surface area contributed by atoms with E-state index in [-0.39, 0.29) is 29.6 Å². The average molecular weight is 469 g/mol. The van der Waals surface area contributed by atoms with Gasteiger partial charge in [-0.2, -0.15) is 0 Å². The summed E-state index contributed by atoms with van der Waals surface area (Å²) in [6, 6.07) is 6.79. The Bertz CT molecular complexity index is 919. The van der Waals surface area contributed by atoms with Gasteiger partial charge in [-0.05, 0) is 98.8 Å². The van der Waals surface area contributed by atoms with E-state index in [4.69, 9.17) is 14.2 Å². The van der Waals surface area contributed by atoms with Crippen molar-refractivity contribution in [1.82, 2.24) is 0 Å². The summed E-state index contributed by atoms with van der Waals surface area (Å²) >= 11 is 0. The zero-order chi connectivity index (χ0) is 23.9. The molecule has 6 atom stereocenters. The molecule has 0 N–H and O–H groups in total. The Kier molecular flexibility index (Phi) is 6.65. The molecule has 5 heteroatoms. The van der Waals surface area contributed by atoms with Crippen LogP contribution in [0.3, 0.4) is 0 Å². The van der Waals surface area contributed by atoms with Crippen LogP contribution in [0.2, 0.25) is 0 Å². The number of carbonyl (C=O) groups is 2. The van der Waals surface area contributed by atoms with Crippen LogP contribution in [0, 0.1) is 17.3 Å². The zero-order valence-electron chi connectivity index (χ0n) is 21.0. The summed E-state index contributed by atoms with van der Waals surface area (Å²) in [5.74, 6) is 2.06. The quantitative estimate of drug-likeness (QED) is 0.471. The number of carbonyl (C=O) groups excluding carboxylic acids is 2. The molecule has 1 aromatic rings. The van der Waals surface area contributed by atoms with E-state index in [0.29, 0.717) is 36.7 Å². The summed E-state index contributed by atoms with van der Waals surface area (Å²) in [6.45, 7) is 5.91. The van der Waals surface area contributed by atoms with E-state index < -0.39 is 0 Å². The van der Waals surface area contributed by atoms with E-state index in [1.807, 2.05) is 13.8 Å². The Morgan fingerprint density at radius 3 is 2.47 bits per heavy atom. The van der Waals surface area contributed by atoms with Gasteiger partial charge < -0.3 is 14.2 Å². The van der Waals surface area contributed by atoms with E-state index in [1.165, 1.54) is 36.8 Å². The van der Waals surface area contributed by atoms with Crippen molar-refractivity contribution in [2.75, 3.05) is 0 Å². The third-order valence-electron chi connectivity index (χ3n) is 9.33. The van der Waals surface area contributed by atoms with Crippen LogP contribution in [-0.2, 0) is 25.5 Å². The fraction of sp³-hybridized carbons (Fsp3) is 0.724. The number of ether oxygens (including phenoxy) is 3. The molecular weight excluding hydrogens is 428 g/mol. The van der Waals surface area contributed by atoms with Gasteiger partial charge in [0.15, 0.2) is 0 Å². The minimum absolute atomic E-state index is 0.145. The second kappa shape index (κ2) is 9.54. The molecule has 5 rings (SSSR count). The first kappa shape index (κ1) is 23.7. The van der Waals surface area contributed by atoms with Crippen LogP contribution in [0.1, 0.15) is 102 Å². The van der Waals surface area contributed by atoms with Crippen molar-refractivity contribution in [3.8, 4) is 5.75 Å². The molecule has 0 heterocycles. The number of hydrogen-bond acceptors (Lipinski definition) is 5. The molecule has 0 saturated heterocycles. The first-order chi connectivity index (χ1) is 16.4. The van der Waals surface area contributed by atoms with Crippen molar-refractivity contribution in [1.29, 1.82) is 0 Å². The monoisotopic (exact) mass is 468 g/mol. The lowest BCUT2D eigenvalue weighted by molar-refractivity contribution is -0.173. The Hall–Kier alpha value is -2.04. The van der Waals surface area contributed by atoms with E-state index in [1.54, 1.807) is 0 Å². The van der Waals surface area contributed by atoms with Crippen LogP contribution in [-0.4, -0.2) is 30.3 Å². The highest BCUT2D eigenvalue weighted by Gasteiger charge is 2.61. The normalized spacial score (nSPS) is 34.6. The average Bonchev–Trinajstić information content (AvgIpc) is 3.44. The summed E-state index contributed by atoms with van der Waals surface area (Å²) in [4.78, 5) is 24.5. The molecule has 0 aromatic heterocycles. The maximum atomic E-state index is 12.3. The molecule has 0 unspecified atom stereocenters. The lowest BCUT2D eigenvalue weighted by Gasteiger charge is -2.50. The second-order valence-electron chi connectivity index (χ2n) is 11.2. The van der Waals surface area contributed by atoms with Crippen molar-refractivity contribution in [2.45, 2.75) is 116 Å². The van der Waals surface area contributed by atoms with Crippen LogP contribution < -0.4 is 4.74 Å². The minimum atomic E-state index is -0.343. The maximum Gasteiger partial charge on any atom is 0.305 e. The van der Waals surface area contributed by atoms with E-state index in [2.05, 4.69) is 25.1 Å². The highest BCUT2D eigenvalue weighted by Crippen LogP contribution is 2.62. The lowest BCUT2D eigenvalue weighted by atomic mass is 9.55. The Morgan fingerprint density at radius 2 is 1.74 bits per heavy atom. The Labute approximate surface area is 203 Å². The molecule has 4 aliphatic carbocycles. The van der Waals surface area contributed by atoms with E-state index >= 15 is 0 Å². The van der Waals surface area contributed by atoms with Crippen LogP contribution in [0.15, 0.2) is 18.2 Å². The van der Waals surface area contributed by atoms with Gasteiger partial charge in [-0.15, -0.1) is 0 Å². The fourth-order valence-electron chi connectivity index (χ4n) is 7.57. The Morgan fingerprint density at radius 1 is 1.00 bits per heavy atom. The number of hydrogen-bond donors (Lipinski definition) is 0. The largest absolute Gasteiger partial charge is 0.490 e. The molecule has 34 heavy (non-hydrogen) atoms. The van der Waals surface area contributed by atoms with Gasteiger partial charge in [0.05, 0.1) is 6.10 Å². The third kappa shape index (κ3) is 4.24. The molecule has 5 nitrogen and oxygen atoms in total. The van der Waals surface area contributed by atoms with Gasteiger partial charge >= 0.3 is 11.9 Å². The SMILES string of the molecule is CCC(=O)O[C@@H]1C[C@H]2[C@@H]3CCc4cc(OC5CCCC5)ccc4[C@H]3CC[C@]2(C)[C@H]1OC(=O)CC. The van der Waals surface area contributed by atoms with Crippen molar-refractivity contribution in [3.63, 3.8) is 0 Å². The topological polar surface area (TPSA) is 61.8 Å². The van der Waals surface area contributed by atoms with E-state index in [9.17, 15) is 9.59 Å². The zero-order valence-corrected chi connectivity index (χ0v) is 21.0. The molecule has 0 bridgehead atoms. The number of esters is 2. The van der Waals surface area contributed by atoms with Crippen LogP contribution in [0.5, 0.6) is 5.75 Å². The molecule has 0 radical (unpaired) electrons. The Balaban J connectivity index is 1.37. The summed E-state index contributed by atoms with van der Waals surface area (Å²) < 4.78 is 18.1. The molecule has 3 fully saturated rings. The molecule has 1 aromatic carbocycles. The summed E-state index contributed by atoms with van der Waals surface area (Å²) in [6.07, 6.45) is 10.4. The summed E-state index contributed by atoms with van der Waals surface area (Å²) in [7, 11) is 0. The predicted molar refractivity (Wildman–Crippen MR) is 130 cm³/mol. The van der Waals surface area contributed by atoms with Gasteiger partial charge in [-0.25, -0.2) is 0 Å². The molecular formula is C29H40O5. The molecule has 0 spiro atoms. The number of fused-ring (bicyclic) bond motifs is 5. The molecule has 3 saturated carbocycles. The van der Waals surface area contributed by atoms with Gasteiger partial charge in [0.25, 0.3) is 0 Å². The smallest absolute Gasteiger partial charge is 0.305 e. The highest BCUT2D eigenvalue weighted by molar-refractivity contribution is 5.70. The summed E-state index contributed by atoms with van der Waals surface area (Å²) in [5.41, 5.74) is 2.78. The molecule has 4 aliphatic rings. The van der Waals surface area contributed by atoms with E-state index in [0.717, 1.165) is 37.9 Å². The van der Waals surface area contributed by atoms with Crippen molar-refractivity contribution in [3.05, 3.63) is 29.3 Å². The van der Waals surface area contributed by atoms with Gasteiger partial charge in [0.2, 0.25) is 0 Å². The minimum Gasteiger partial charge on any atom is -0.490 e. The second-order valence-corrected chi connectivity index (χ2v) is 11.2. The lowest BCUT2D eigenvalue weighted by Crippen LogP contribution is -2.47. The predicted octanol–water partition coefficient (Wildman–Crippen LogP) is 6.12. The summed E-state index contributed by atoms with van der Waals surface area (Å²) in [5, 5.41) is 0. The molecule has 0 amide bonds. The molecule has 186 valence electrons. The first-order valence-electron chi connectivity index (χ1n) is 13.6. The van der Waals surface area contributed by atoms with Gasteiger partial charge in [0.1, 0.15) is 18.0 Å². The van der Waals surface area contributed by atoms with Gasteiger partial charge in [0, 0.05) is 18.3 Å². The third-order valence-corrected chi connectivity index (χ3v) is 9.33. The number of rotatable bonds is 6. The fourth-order valence-corrected chi connectivity index (χ4v) is 7.57. The van der Waals surface area contributed by atoms with Crippen LogP contribution >= 0.6 is 0 Å². The standard InChI is InChI=1S/C29H40O5/c1-4-26(30)33-25-17-24-23-12-10-18-16-20(32-19-8-6-7-9-19)11-13-21(18)22(23)14-15-29(24,3)28(25)34-27(31)5-2/h11,13,16,19,22-25,28H,4-10,12,14-15,17H2,1-3H3/t22-,23-,24+,25-,28+,29+/m1/s1. The van der Waals surface area contributed by atoms with Gasteiger partial charge in [-0.3, -0.25) is 9.59 Å². The number of aryl methyl sites for hydroxylation is 1. The first-order valence-corrected chi connectivity index (χ1v) is 13.6. The van der Waals surface area contributed by atoms with Crippen molar-refractivity contribution >= 4 is 11.9 Å². The number of benzene rings is 1. The molecule has 0 aliphatic heterocycles. The van der Waals surface area contributed by atoms with Crippen molar-refractivity contribution in [2.24, 2.45) is 17.3 Å². The maximum absolute atomic E-state index is 12.3. The van der Waals surface area contributed by atoms with Crippen molar-refractivity contribution < 1.29 is 23.8 Å².